The molecule has 0 amide bonds. The molecule has 1 unspecified atom stereocenters. The minimum Gasteiger partial charge on any atom is 1.00 e. The van der Waals surface area contributed by atoms with Crippen LogP contribution in [0.3, 0.4) is 0 Å². The van der Waals surface area contributed by atoms with Crippen LogP contribution in [0.2, 0.25) is 4.82 Å². The normalized spacial score (nSPS) is 27.2. The number of ketones is 1. The van der Waals surface area contributed by atoms with Gasteiger partial charge in [-0.25, -0.2) is 0 Å². The van der Waals surface area contributed by atoms with E-state index in [4.69, 9.17) is 0 Å². The van der Waals surface area contributed by atoms with Crippen molar-refractivity contribution in [2.75, 3.05) is 0 Å². The van der Waals surface area contributed by atoms with Crippen molar-refractivity contribution in [1.29, 1.82) is 0 Å². The summed E-state index contributed by atoms with van der Waals surface area (Å²) in [6, 6.07) is 0. The van der Waals surface area contributed by atoms with Crippen LogP contribution in [0.25, 0.3) is 0 Å². The van der Waals surface area contributed by atoms with E-state index in [9.17, 15) is 4.79 Å². The van der Waals surface area contributed by atoms with Crippen LogP contribution in [0, 0.1) is 0 Å². The van der Waals surface area contributed by atoms with Gasteiger partial charge in [-0.2, -0.15) is 0 Å². The van der Waals surface area contributed by atoms with E-state index in [0.29, 0.717) is 10.6 Å². The van der Waals surface area contributed by atoms with Crippen LogP contribution in [0.15, 0.2) is 0 Å². The third-order valence-corrected chi connectivity index (χ3v) is 2.28. The zero-order valence-corrected chi connectivity index (χ0v) is 8.90. The zero-order chi connectivity index (χ0) is 5.98. The molecule has 9 heavy (non-hydrogen) atoms. The average Bonchev–Trinajstić information content (AvgIpc) is 1.64. The van der Waals surface area contributed by atoms with Crippen molar-refractivity contribution in [2.24, 2.45) is 0 Å². The van der Waals surface area contributed by atoms with Gasteiger partial charge in [-0.05, 0) is 0 Å². The summed E-state index contributed by atoms with van der Waals surface area (Å²) in [7, 11) is 0. The van der Waals surface area contributed by atoms with Crippen LogP contribution in [0.5, 0.6) is 0 Å². The molecule has 1 atom stereocenters. The van der Waals surface area contributed by atoms with Crippen molar-refractivity contribution in [3.05, 3.63) is 0 Å². The van der Waals surface area contributed by atoms with E-state index in [1.807, 2.05) is 0 Å². The van der Waals surface area contributed by atoms with Gasteiger partial charge in [0, 0.05) is 0 Å². The van der Waals surface area contributed by atoms with Gasteiger partial charge >= 0.3 is 79.5 Å². The molecule has 1 fully saturated rings. The predicted octanol–water partition coefficient (Wildman–Crippen LogP) is 1.08. The zero-order valence-electron chi connectivity index (χ0n) is 5.02. The van der Waals surface area contributed by atoms with Crippen LogP contribution in [0.4, 0.5) is 0 Å². The fourth-order valence-electron chi connectivity index (χ4n) is 0.985. The third kappa shape index (κ3) is 3.59. The molecule has 1 radical (unpaired) electrons. The molecule has 1 rings (SSSR count). The maximum atomic E-state index is 10.7. The van der Waals surface area contributed by atoms with Gasteiger partial charge in [-0.15, -0.1) is 0 Å². The smallest absolute Gasteiger partial charge is 1.00 e. The molecule has 0 N–H and O–H groups in total. The summed E-state index contributed by atoms with van der Waals surface area (Å²) in [5.41, 5.74) is 0. The summed E-state index contributed by atoms with van der Waals surface area (Å²) in [5.74, 6) is 0.431. The van der Waals surface area contributed by atoms with Crippen molar-refractivity contribution in [2.45, 2.75) is 30.5 Å². The molecule has 1 nitrogen and oxygen atoms in total. The fraction of sp³-hybridized carbons (Fsp3) is 0.833. The second kappa shape index (κ2) is 4.70. The standard InChI is InChI=1S/C6H9OSe.Au/c7-5-2-1-3-6(8)4-5;/h6H,1-4H2;/q;+1. The van der Waals surface area contributed by atoms with Crippen LogP contribution < -0.4 is 0 Å². The first-order valence-electron chi connectivity index (χ1n) is 2.96. The summed E-state index contributed by atoms with van der Waals surface area (Å²) in [5, 5.41) is 0. The first kappa shape index (κ1) is 9.93. The van der Waals surface area contributed by atoms with Crippen molar-refractivity contribution in [3.63, 3.8) is 0 Å². The summed E-state index contributed by atoms with van der Waals surface area (Å²) in [4.78, 5) is 11.2. The van der Waals surface area contributed by atoms with E-state index in [-0.39, 0.29) is 22.4 Å². The molecule has 1 aliphatic carbocycles. The van der Waals surface area contributed by atoms with Gasteiger partial charge in [0.25, 0.3) is 0 Å². The minimum absolute atomic E-state index is 0. The minimum atomic E-state index is 0. The van der Waals surface area contributed by atoms with Gasteiger partial charge in [0.15, 0.2) is 0 Å². The van der Waals surface area contributed by atoms with Gasteiger partial charge in [-0.1, -0.05) is 0 Å². The number of rotatable bonds is 0. The third-order valence-electron chi connectivity index (χ3n) is 1.44. The Morgan fingerprint density at radius 1 is 1.56 bits per heavy atom. The molecule has 1 saturated carbocycles. The van der Waals surface area contributed by atoms with Gasteiger partial charge in [0.05, 0.1) is 0 Å². The SMILES string of the molecule is O=C1CCCC([Se])C1.[Au+]. The Morgan fingerprint density at radius 2 is 2.22 bits per heavy atom. The number of carbonyl (C=O) groups is 1. The molecular formula is C6H9AuOSe+. The number of carbonyl (C=O) groups excluding carboxylic acids is 1. The number of hydrogen-bond acceptors (Lipinski definition) is 1. The van der Waals surface area contributed by atoms with Crippen LogP contribution in [0.1, 0.15) is 25.7 Å². The maximum Gasteiger partial charge on any atom is 1.00 e. The molecule has 0 aliphatic heterocycles. The van der Waals surface area contributed by atoms with Gasteiger partial charge in [0.2, 0.25) is 0 Å². The maximum absolute atomic E-state index is 10.7. The Hall–Kier alpha value is 0.930. The number of hydrogen-bond donors (Lipinski definition) is 0. The predicted molar refractivity (Wildman–Crippen MR) is 33.0 cm³/mol. The van der Waals surface area contributed by atoms with Crippen LogP contribution in [-0.2, 0) is 27.2 Å². The molecule has 0 bridgehead atoms. The average molecular weight is 373 g/mol. The van der Waals surface area contributed by atoms with Crippen LogP contribution >= 0.6 is 0 Å². The van der Waals surface area contributed by atoms with E-state index in [1.54, 1.807) is 0 Å². The fourth-order valence-corrected chi connectivity index (χ4v) is 1.72. The van der Waals surface area contributed by atoms with Crippen molar-refractivity contribution in [3.8, 4) is 0 Å². The Kier molecular flexibility index (Phi) is 5.19. The Bertz CT molecular complexity index is 105. The molecule has 3 heteroatoms. The van der Waals surface area contributed by atoms with E-state index < -0.39 is 0 Å². The van der Waals surface area contributed by atoms with E-state index in [2.05, 4.69) is 16.0 Å². The Labute approximate surface area is 79.3 Å². The van der Waals surface area contributed by atoms with Gasteiger partial charge < -0.3 is 0 Å². The number of Topliss-reactive ketones (excluding diaryl/α,β-unsaturated/α-hetero) is 1. The summed E-state index contributed by atoms with van der Waals surface area (Å²) in [6.45, 7) is 0. The molecule has 55 valence electrons. The summed E-state index contributed by atoms with van der Waals surface area (Å²) in [6.07, 6.45) is 3.89. The quantitative estimate of drug-likeness (QED) is 0.581. The first-order valence-corrected chi connectivity index (χ1v) is 3.95. The second-order valence-electron chi connectivity index (χ2n) is 2.26. The monoisotopic (exact) mass is 374 g/mol. The van der Waals surface area contributed by atoms with Gasteiger partial charge in [-0.3, -0.25) is 0 Å². The van der Waals surface area contributed by atoms with E-state index in [0.717, 1.165) is 19.3 Å². The van der Waals surface area contributed by atoms with Crippen molar-refractivity contribution >= 4 is 21.8 Å². The molecule has 0 spiro atoms. The largest absolute Gasteiger partial charge is 1.00 e. The van der Waals surface area contributed by atoms with E-state index in [1.165, 1.54) is 6.42 Å². The second-order valence-corrected chi connectivity index (χ2v) is 3.66. The Balaban J connectivity index is 0.000000640. The molecule has 0 aromatic carbocycles. The van der Waals surface area contributed by atoms with Crippen LogP contribution in [-0.4, -0.2) is 21.8 Å². The van der Waals surface area contributed by atoms with Gasteiger partial charge in [0.1, 0.15) is 0 Å². The van der Waals surface area contributed by atoms with Crippen molar-refractivity contribution in [1.82, 2.24) is 0 Å². The summed E-state index contributed by atoms with van der Waals surface area (Å²) >= 11 is 2.99. The topological polar surface area (TPSA) is 17.1 Å². The summed E-state index contributed by atoms with van der Waals surface area (Å²) < 4.78 is 0. The van der Waals surface area contributed by atoms with E-state index >= 15 is 0 Å². The van der Waals surface area contributed by atoms with Crippen molar-refractivity contribution < 1.29 is 27.2 Å². The Morgan fingerprint density at radius 3 is 2.56 bits per heavy atom. The molecule has 0 aromatic rings. The molecular weight excluding hydrogens is 364 g/mol. The molecule has 0 heterocycles. The molecule has 1 aliphatic rings. The first-order chi connectivity index (χ1) is 3.79. The molecule has 0 saturated heterocycles. The molecule has 0 aromatic heterocycles.